The number of hydrogen-bond acceptors (Lipinski definition) is 4. The van der Waals surface area contributed by atoms with Crippen LogP contribution in [-0.4, -0.2) is 22.5 Å². The molecule has 2 rings (SSSR count). The number of anilines is 1. The predicted molar refractivity (Wildman–Crippen MR) is 51.5 cm³/mol. The van der Waals surface area contributed by atoms with Crippen molar-refractivity contribution in [1.29, 1.82) is 0 Å². The van der Waals surface area contributed by atoms with E-state index in [1.54, 1.807) is 11.3 Å². The van der Waals surface area contributed by atoms with Crippen molar-refractivity contribution < 1.29 is 0 Å². The van der Waals surface area contributed by atoms with Gasteiger partial charge in [-0.3, -0.25) is 0 Å². The van der Waals surface area contributed by atoms with E-state index in [9.17, 15) is 0 Å². The molecule has 0 saturated carbocycles. The monoisotopic (exact) mass is 186 g/mol. The molecule has 0 radical (unpaired) electrons. The summed E-state index contributed by atoms with van der Waals surface area (Å²) in [4.78, 5) is 4.18. The standard InChI is InChI=1S/C7H10N2S2/c1-3-10-5-6(1)9-7-8-2-4-11-7/h2,4,6H,1,3,5H2,(H,8,9). The van der Waals surface area contributed by atoms with Gasteiger partial charge in [-0.25, -0.2) is 4.98 Å². The molecule has 2 heterocycles. The fraction of sp³-hybridized carbons (Fsp3) is 0.571. The van der Waals surface area contributed by atoms with Crippen molar-refractivity contribution in [2.45, 2.75) is 12.5 Å². The van der Waals surface area contributed by atoms with Gasteiger partial charge < -0.3 is 5.32 Å². The second kappa shape index (κ2) is 3.45. The van der Waals surface area contributed by atoms with Gasteiger partial charge in [-0.2, -0.15) is 11.8 Å². The van der Waals surface area contributed by atoms with Gasteiger partial charge in [-0.15, -0.1) is 11.3 Å². The molecule has 0 amide bonds. The molecule has 1 atom stereocenters. The van der Waals surface area contributed by atoms with Crippen molar-refractivity contribution in [3.63, 3.8) is 0 Å². The predicted octanol–water partition coefficient (Wildman–Crippen LogP) is 2.06. The Morgan fingerprint density at radius 1 is 1.64 bits per heavy atom. The summed E-state index contributed by atoms with van der Waals surface area (Å²) in [6, 6.07) is 0.658. The first-order chi connectivity index (χ1) is 5.45. The van der Waals surface area contributed by atoms with Crippen molar-refractivity contribution in [3.05, 3.63) is 11.6 Å². The molecule has 1 aromatic rings. The Bertz CT molecular complexity index is 204. The van der Waals surface area contributed by atoms with Crippen molar-refractivity contribution in [1.82, 2.24) is 4.98 Å². The van der Waals surface area contributed by atoms with Crippen molar-refractivity contribution >= 4 is 28.2 Å². The zero-order chi connectivity index (χ0) is 7.52. The molecule has 4 heteroatoms. The molecule has 0 bridgehead atoms. The molecule has 0 aliphatic carbocycles. The highest BCUT2D eigenvalue weighted by Crippen LogP contribution is 2.21. The summed E-state index contributed by atoms with van der Waals surface area (Å²) in [6.07, 6.45) is 3.12. The number of hydrogen-bond donors (Lipinski definition) is 1. The molecular formula is C7H10N2S2. The minimum absolute atomic E-state index is 0.658. The third-order valence-corrected chi connectivity index (χ3v) is 3.56. The Balaban J connectivity index is 1.90. The van der Waals surface area contributed by atoms with E-state index in [2.05, 4.69) is 10.3 Å². The molecule has 1 aromatic heterocycles. The lowest BCUT2D eigenvalue weighted by molar-refractivity contribution is 0.811. The molecule has 11 heavy (non-hydrogen) atoms. The van der Waals surface area contributed by atoms with E-state index in [-0.39, 0.29) is 0 Å². The highest BCUT2D eigenvalue weighted by molar-refractivity contribution is 7.99. The molecule has 1 saturated heterocycles. The van der Waals surface area contributed by atoms with E-state index in [1.165, 1.54) is 17.9 Å². The zero-order valence-electron chi connectivity index (χ0n) is 6.12. The summed E-state index contributed by atoms with van der Waals surface area (Å²) < 4.78 is 0. The van der Waals surface area contributed by atoms with Crippen LogP contribution in [0.15, 0.2) is 11.6 Å². The first-order valence-corrected chi connectivity index (χ1v) is 5.72. The van der Waals surface area contributed by atoms with Gasteiger partial charge >= 0.3 is 0 Å². The van der Waals surface area contributed by atoms with Crippen LogP contribution in [0.5, 0.6) is 0 Å². The Morgan fingerprint density at radius 3 is 3.27 bits per heavy atom. The van der Waals surface area contributed by atoms with Gasteiger partial charge in [-0.1, -0.05) is 0 Å². The van der Waals surface area contributed by atoms with Crippen LogP contribution in [0.2, 0.25) is 0 Å². The van der Waals surface area contributed by atoms with Crippen LogP contribution in [-0.2, 0) is 0 Å². The van der Waals surface area contributed by atoms with Crippen molar-refractivity contribution in [2.24, 2.45) is 0 Å². The maximum atomic E-state index is 4.18. The lowest BCUT2D eigenvalue weighted by Gasteiger charge is -2.08. The Kier molecular flexibility index (Phi) is 2.33. The maximum Gasteiger partial charge on any atom is 0.182 e. The van der Waals surface area contributed by atoms with Gasteiger partial charge in [0.15, 0.2) is 5.13 Å². The normalized spacial score (nSPS) is 23.8. The Hall–Kier alpha value is -0.220. The summed E-state index contributed by atoms with van der Waals surface area (Å²) in [6.45, 7) is 0. The third-order valence-electron chi connectivity index (χ3n) is 1.69. The number of nitrogens with one attached hydrogen (secondary N) is 1. The third kappa shape index (κ3) is 1.87. The molecule has 60 valence electrons. The second-order valence-electron chi connectivity index (χ2n) is 2.54. The van der Waals surface area contributed by atoms with Crippen LogP contribution in [0.4, 0.5) is 5.13 Å². The van der Waals surface area contributed by atoms with Gasteiger partial charge in [0.05, 0.1) is 0 Å². The molecule has 1 aliphatic rings. The number of thiazole rings is 1. The molecule has 0 aromatic carbocycles. The average Bonchev–Trinajstić information content (AvgIpc) is 2.60. The van der Waals surface area contributed by atoms with Crippen molar-refractivity contribution in [2.75, 3.05) is 16.8 Å². The van der Waals surface area contributed by atoms with Crippen LogP contribution in [0.3, 0.4) is 0 Å². The SMILES string of the molecule is c1csc(NC2CCSC2)n1. The Labute approximate surface area is 74.4 Å². The molecule has 1 unspecified atom stereocenters. The highest BCUT2D eigenvalue weighted by Gasteiger charge is 2.15. The van der Waals surface area contributed by atoms with Crippen LogP contribution in [0, 0.1) is 0 Å². The van der Waals surface area contributed by atoms with Crippen LogP contribution in [0.25, 0.3) is 0 Å². The van der Waals surface area contributed by atoms with Gasteiger partial charge in [0.1, 0.15) is 0 Å². The summed E-state index contributed by atoms with van der Waals surface area (Å²) in [5.41, 5.74) is 0. The largest absolute Gasteiger partial charge is 0.358 e. The topological polar surface area (TPSA) is 24.9 Å². The van der Waals surface area contributed by atoms with Crippen LogP contribution in [0.1, 0.15) is 6.42 Å². The fourth-order valence-corrected chi connectivity index (χ4v) is 2.88. The smallest absolute Gasteiger partial charge is 0.182 e. The van der Waals surface area contributed by atoms with E-state index >= 15 is 0 Å². The van der Waals surface area contributed by atoms with Crippen LogP contribution >= 0.6 is 23.1 Å². The van der Waals surface area contributed by atoms with E-state index in [4.69, 9.17) is 0 Å². The molecule has 0 spiro atoms. The molecule has 1 N–H and O–H groups in total. The van der Waals surface area contributed by atoms with E-state index < -0.39 is 0 Å². The average molecular weight is 186 g/mol. The summed E-state index contributed by atoms with van der Waals surface area (Å²) in [5, 5.41) is 6.48. The van der Waals surface area contributed by atoms with Gasteiger partial charge in [0.2, 0.25) is 0 Å². The summed E-state index contributed by atoms with van der Waals surface area (Å²) >= 11 is 3.70. The summed E-state index contributed by atoms with van der Waals surface area (Å²) in [5.74, 6) is 2.53. The summed E-state index contributed by atoms with van der Waals surface area (Å²) in [7, 11) is 0. The van der Waals surface area contributed by atoms with Crippen molar-refractivity contribution in [3.8, 4) is 0 Å². The first-order valence-electron chi connectivity index (χ1n) is 3.69. The quantitative estimate of drug-likeness (QED) is 0.765. The fourth-order valence-electron chi connectivity index (χ4n) is 1.12. The second-order valence-corrected chi connectivity index (χ2v) is 4.59. The number of nitrogens with zero attached hydrogens (tertiary/aromatic N) is 1. The zero-order valence-corrected chi connectivity index (χ0v) is 7.75. The lowest BCUT2D eigenvalue weighted by Crippen LogP contribution is -2.17. The molecule has 1 fully saturated rings. The van der Waals surface area contributed by atoms with Crippen LogP contribution < -0.4 is 5.32 Å². The van der Waals surface area contributed by atoms with Gasteiger partial charge in [0, 0.05) is 23.4 Å². The number of thioether (sulfide) groups is 1. The number of rotatable bonds is 2. The lowest BCUT2D eigenvalue weighted by atomic mass is 10.3. The molecular weight excluding hydrogens is 176 g/mol. The molecule has 2 nitrogen and oxygen atoms in total. The Morgan fingerprint density at radius 2 is 2.64 bits per heavy atom. The van der Waals surface area contributed by atoms with E-state index in [0.717, 1.165) is 5.13 Å². The minimum atomic E-state index is 0.658. The highest BCUT2D eigenvalue weighted by atomic mass is 32.2. The minimum Gasteiger partial charge on any atom is -0.358 e. The van der Waals surface area contributed by atoms with E-state index in [1.807, 2.05) is 23.3 Å². The molecule has 1 aliphatic heterocycles. The maximum absolute atomic E-state index is 4.18. The first kappa shape index (κ1) is 7.43. The van der Waals surface area contributed by atoms with Gasteiger partial charge in [-0.05, 0) is 12.2 Å². The van der Waals surface area contributed by atoms with E-state index in [0.29, 0.717) is 6.04 Å². The number of aromatic nitrogens is 1. The van der Waals surface area contributed by atoms with Gasteiger partial charge in [0.25, 0.3) is 0 Å².